The molecular formula is C16H23NO3. The normalized spacial score (nSPS) is 26.9. The molecule has 1 aromatic heterocycles. The molecule has 1 aliphatic carbocycles. The van der Waals surface area contributed by atoms with E-state index in [-0.39, 0.29) is 23.5 Å². The van der Waals surface area contributed by atoms with Gasteiger partial charge in [-0.3, -0.25) is 4.57 Å². The first-order valence-corrected chi connectivity index (χ1v) is 7.54. The van der Waals surface area contributed by atoms with Gasteiger partial charge < -0.3 is 14.9 Å². The molecule has 3 rings (SSSR count). The highest BCUT2D eigenvalue weighted by atomic mass is 16.6. The molecular weight excluding hydrogens is 254 g/mol. The first-order chi connectivity index (χ1) is 9.63. The minimum atomic E-state index is -0.0769. The van der Waals surface area contributed by atoms with E-state index < -0.39 is 0 Å². The van der Waals surface area contributed by atoms with Gasteiger partial charge in [0, 0.05) is 30.5 Å². The molecule has 2 unspecified atom stereocenters. The highest BCUT2D eigenvalue weighted by Gasteiger charge is 2.59. The number of aromatic hydroxyl groups is 2. The van der Waals surface area contributed by atoms with E-state index in [9.17, 15) is 10.2 Å². The summed E-state index contributed by atoms with van der Waals surface area (Å²) in [5, 5.41) is 20.5. The number of unbranched alkanes of at least 4 members (excludes halogenated alkanes) is 2. The molecule has 2 heterocycles. The van der Waals surface area contributed by atoms with Gasteiger partial charge >= 0.3 is 0 Å². The van der Waals surface area contributed by atoms with Gasteiger partial charge in [-0.15, -0.1) is 6.58 Å². The average molecular weight is 277 g/mol. The zero-order valence-corrected chi connectivity index (χ0v) is 12.1. The molecule has 2 N–H and O–H groups in total. The number of aromatic nitrogens is 1. The van der Waals surface area contributed by atoms with Crippen LogP contribution in [0.2, 0.25) is 0 Å². The maximum atomic E-state index is 10.3. The van der Waals surface area contributed by atoms with Crippen molar-refractivity contribution in [2.45, 2.75) is 63.7 Å². The lowest BCUT2D eigenvalue weighted by Crippen LogP contribution is -2.24. The third-order valence-electron chi connectivity index (χ3n) is 4.70. The van der Waals surface area contributed by atoms with E-state index in [1.165, 1.54) is 23.8 Å². The topological polar surface area (TPSA) is 57.9 Å². The number of epoxide rings is 1. The van der Waals surface area contributed by atoms with Gasteiger partial charge in [-0.1, -0.05) is 32.3 Å². The van der Waals surface area contributed by atoms with Gasteiger partial charge in [0.25, 0.3) is 0 Å². The SMILES string of the molecule is C=CCn1c(O)c2c(c1O)CC1(CCCCC)OC1C2. The van der Waals surface area contributed by atoms with Crippen LogP contribution in [0.5, 0.6) is 11.8 Å². The molecule has 1 saturated heterocycles. The van der Waals surface area contributed by atoms with Crippen LogP contribution in [-0.2, 0) is 24.1 Å². The number of fused-ring (bicyclic) bond motifs is 2. The van der Waals surface area contributed by atoms with Crippen LogP contribution in [0, 0.1) is 0 Å². The Morgan fingerprint density at radius 3 is 2.80 bits per heavy atom. The minimum Gasteiger partial charge on any atom is -0.494 e. The van der Waals surface area contributed by atoms with Crippen LogP contribution < -0.4 is 0 Å². The fraction of sp³-hybridized carbons (Fsp3) is 0.625. The molecule has 2 atom stereocenters. The summed E-state index contributed by atoms with van der Waals surface area (Å²) in [4.78, 5) is 0. The molecule has 0 radical (unpaired) electrons. The Balaban J connectivity index is 1.83. The van der Waals surface area contributed by atoms with Gasteiger partial charge in [-0.25, -0.2) is 0 Å². The van der Waals surface area contributed by atoms with E-state index in [2.05, 4.69) is 13.5 Å². The molecule has 1 aliphatic heterocycles. The molecule has 0 aromatic carbocycles. The summed E-state index contributed by atoms with van der Waals surface area (Å²) in [6.07, 6.45) is 7.98. The third-order valence-corrected chi connectivity index (χ3v) is 4.70. The molecule has 20 heavy (non-hydrogen) atoms. The van der Waals surface area contributed by atoms with Crippen molar-refractivity contribution in [1.29, 1.82) is 0 Å². The molecule has 110 valence electrons. The van der Waals surface area contributed by atoms with Crippen molar-refractivity contribution >= 4 is 0 Å². The fourth-order valence-electron chi connectivity index (χ4n) is 3.50. The van der Waals surface area contributed by atoms with Gasteiger partial charge in [0.2, 0.25) is 0 Å². The van der Waals surface area contributed by atoms with Crippen LogP contribution in [0.25, 0.3) is 0 Å². The summed E-state index contributed by atoms with van der Waals surface area (Å²) in [5.74, 6) is 0.358. The van der Waals surface area contributed by atoms with E-state index in [0.717, 1.165) is 24.0 Å². The lowest BCUT2D eigenvalue weighted by atomic mass is 9.82. The standard InChI is InChI=1S/C16H23NO3/c1-3-5-6-7-16-10-12-11(9-13(16)20-16)14(18)17(8-4-2)15(12)19/h4,13,18-19H,2-3,5-10H2,1H3. The molecule has 0 amide bonds. The second-order valence-corrected chi connectivity index (χ2v) is 6.01. The highest BCUT2D eigenvalue weighted by Crippen LogP contribution is 2.53. The van der Waals surface area contributed by atoms with Crippen molar-refractivity contribution in [3.8, 4) is 11.8 Å². The fourth-order valence-corrected chi connectivity index (χ4v) is 3.50. The van der Waals surface area contributed by atoms with E-state index in [0.29, 0.717) is 13.0 Å². The maximum absolute atomic E-state index is 10.3. The Morgan fingerprint density at radius 1 is 1.35 bits per heavy atom. The Hall–Kier alpha value is -1.42. The molecule has 1 fully saturated rings. The van der Waals surface area contributed by atoms with E-state index in [4.69, 9.17) is 4.74 Å². The quantitative estimate of drug-likeness (QED) is 0.477. The first-order valence-electron chi connectivity index (χ1n) is 7.54. The number of rotatable bonds is 6. The van der Waals surface area contributed by atoms with Crippen molar-refractivity contribution < 1.29 is 14.9 Å². The second kappa shape index (κ2) is 4.85. The van der Waals surface area contributed by atoms with E-state index >= 15 is 0 Å². The maximum Gasteiger partial charge on any atom is 0.197 e. The molecule has 0 saturated carbocycles. The van der Waals surface area contributed by atoms with Gasteiger partial charge in [0.1, 0.15) is 0 Å². The Labute approximate surface area is 119 Å². The predicted molar refractivity (Wildman–Crippen MR) is 77.1 cm³/mol. The summed E-state index contributed by atoms with van der Waals surface area (Å²) in [6, 6.07) is 0. The van der Waals surface area contributed by atoms with Gasteiger partial charge in [-0.2, -0.15) is 0 Å². The highest BCUT2D eigenvalue weighted by molar-refractivity contribution is 5.50. The number of allylic oxidation sites excluding steroid dienone is 1. The van der Waals surface area contributed by atoms with Gasteiger partial charge in [0.15, 0.2) is 11.8 Å². The van der Waals surface area contributed by atoms with Crippen molar-refractivity contribution in [3.63, 3.8) is 0 Å². The molecule has 0 bridgehead atoms. The predicted octanol–water partition coefficient (Wildman–Crippen LogP) is 2.90. The molecule has 0 spiro atoms. The van der Waals surface area contributed by atoms with Crippen LogP contribution in [0.15, 0.2) is 12.7 Å². The van der Waals surface area contributed by atoms with Crippen molar-refractivity contribution in [1.82, 2.24) is 4.57 Å². The monoisotopic (exact) mass is 277 g/mol. The molecule has 4 nitrogen and oxygen atoms in total. The number of hydrogen-bond acceptors (Lipinski definition) is 3. The Bertz CT molecular complexity index is 534. The lowest BCUT2D eigenvalue weighted by molar-refractivity contribution is 0.272. The third kappa shape index (κ3) is 1.94. The summed E-state index contributed by atoms with van der Waals surface area (Å²) in [6.45, 7) is 6.29. The Kier molecular flexibility index (Phi) is 3.28. The Morgan fingerprint density at radius 2 is 2.10 bits per heavy atom. The van der Waals surface area contributed by atoms with Gasteiger partial charge in [0.05, 0.1) is 11.7 Å². The van der Waals surface area contributed by atoms with Crippen molar-refractivity contribution in [2.24, 2.45) is 0 Å². The lowest BCUT2D eigenvalue weighted by Gasteiger charge is -2.17. The van der Waals surface area contributed by atoms with Crippen LogP contribution in [-0.4, -0.2) is 26.5 Å². The number of ether oxygens (including phenoxy) is 1. The zero-order valence-electron chi connectivity index (χ0n) is 12.1. The molecule has 1 aromatic rings. The summed E-state index contributed by atoms with van der Waals surface area (Å²) >= 11 is 0. The molecule has 4 heteroatoms. The van der Waals surface area contributed by atoms with Crippen LogP contribution in [0.4, 0.5) is 0 Å². The van der Waals surface area contributed by atoms with Crippen LogP contribution in [0.3, 0.4) is 0 Å². The van der Waals surface area contributed by atoms with Crippen molar-refractivity contribution in [3.05, 3.63) is 23.8 Å². The largest absolute Gasteiger partial charge is 0.494 e. The van der Waals surface area contributed by atoms with Crippen molar-refractivity contribution in [2.75, 3.05) is 0 Å². The first kappa shape index (κ1) is 13.6. The van der Waals surface area contributed by atoms with Crippen LogP contribution in [0.1, 0.15) is 43.7 Å². The second-order valence-electron chi connectivity index (χ2n) is 6.01. The number of hydrogen-bond donors (Lipinski definition) is 2. The zero-order chi connectivity index (χ0) is 14.3. The minimum absolute atomic E-state index is 0.0769. The smallest absolute Gasteiger partial charge is 0.197 e. The number of nitrogens with zero attached hydrogens (tertiary/aromatic N) is 1. The average Bonchev–Trinajstić information content (AvgIpc) is 3.10. The molecule has 2 aliphatic rings. The van der Waals surface area contributed by atoms with E-state index in [1.807, 2.05) is 0 Å². The van der Waals surface area contributed by atoms with E-state index in [1.54, 1.807) is 6.08 Å². The van der Waals surface area contributed by atoms with Crippen LogP contribution >= 0.6 is 0 Å². The summed E-state index contributed by atoms with van der Waals surface area (Å²) in [5.41, 5.74) is 1.65. The summed E-state index contributed by atoms with van der Waals surface area (Å²) in [7, 11) is 0. The summed E-state index contributed by atoms with van der Waals surface area (Å²) < 4.78 is 7.44. The van der Waals surface area contributed by atoms with Gasteiger partial charge in [-0.05, 0) is 6.42 Å².